The van der Waals surface area contributed by atoms with Crippen molar-refractivity contribution in [3.05, 3.63) is 64.3 Å². The average molecular weight is 393 g/mol. The Kier molecular flexibility index (Phi) is 5.14. The van der Waals surface area contributed by atoms with Crippen molar-refractivity contribution in [3.63, 3.8) is 0 Å². The lowest BCUT2D eigenvalue weighted by Crippen LogP contribution is -2.27. The lowest BCUT2D eigenvalue weighted by atomic mass is 10.1. The van der Waals surface area contributed by atoms with Crippen LogP contribution in [0.1, 0.15) is 20.8 Å². The number of ether oxygens (including phenoxy) is 1. The Morgan fingerprint density at radius 1 is 1.15 bits per heavy atom. The van der Waals surface area contributed by atoms with Gasteiger partial charge in [0.05, 0.1) is 19.3 Å². The molecule has 0 aliphatic heterocycles. The number of halogens is 3. The number of ketones is 1. The molecule has 27 heavy (non-hydrogen) atoms. The van der Waals surface area contributed by atoms with E-state index >= 15 is 0 Å². The highest BCUT2D eigenvalue weighted by atomic mass is 35.5. The number of methoxy groups -OCH3 is 1. The van der Waals surface area contributed by atoms with Crippen LogP contribution >= 0.6 is 11.6 Å². The van der Waals surface area contributed by atoms with Gasteiger partial charge < -0.3 is 14.6 Å². The number of likely N-dealkylation sites (N-methyl/N-ethyl adjacent to an activating group) is 1. The quantitative estimate of drug-likeness (QED) is 0.522. The number of aromatic nitrogens is 1. The third-order valence-electron chi connectivity index (χ3n) is 4.13. The lowest BCUT2D eigenvalue weighted by Gasteiger charge is -2.19. The molecular weight excluding hydrogens is 378 g/mol. The Morgan fingerprint density at radius 2 is 1.89 bits per heavy atom. The molecule has 8 heteroatoms. The van der Waals surface area contributed by atoms with Gasteiger partial charge in [-0.3, -0.25) is 4.79 Å². The van der Waals surface area contributed by atoms with Crippen molar-refractivity contribution < 1.29 is 23.1 Å². The summed E-state index contributed by atoms with van der Waals surface area (Å²) in [7, 11) is 2.86. The van der Waals surface area contributed by atoms with E-state index in [0.717, 1.165) is 12.1 Å². The number of hydrogen-bond acceptors (Lipinski definition) is 4. The molecule has 0 fully saturated rings. The summed E-state index contributed by atoms with van der Waals surface area (Å²) < 4.78 is 31.3. The predicted molar refractivity (Wildman–Crippen MR) is 98.6 cm³/mol. The zero-order valence-corrected chi connectivity index (χ0v) is 15.2. The predicted octanol–water partition coefficient (Wildman–Crippen LogP) is 4.21. The second kappa shape index (κ2) is 7.36. The number of rotatable bonds is 5. The molecular formula is C19H15ClF2N2O3. The minimum absolute atomic E-state index is 0.0308. The highest BCUT2D eigenvalue weighted by molar-refractivity contribution is 6.31. The van der Waals surface area contributed by atoms with Crippen LogP contribution in [0.4, 0.5) is 14.5 Å². The maximum absolute atomic E-state index is 13.4. The van der Waals surface area contributed by atoms with Gasteiger partial charge in [-0.1, -0.05) is 11.6 Å². The SMILES string of the molecule is COC(=O)c1[nH]c2cc(Cl)ccc2c1N(C)CC(=O)c1ccc(F)c(F)c1. The summed E-state index contributed by atoms with van der Waals surface area (Å²) in [5.74, 6) is -3.16. The molecule has 1 aromatic heterocycles. The molecule has 5 nitrogen and oxygen atoms in total. The number of carbonyl (C=O) groups is 2. The van der Waals surface area contributed by atoms with Crippen LogP contribution in [-0.2, 0) is 4.74 Å². The molecule has 0 aliphatic rings. The molecule has 0 bridgehead atoms. The van der Waals surface area contributed by atoms with Crippen LogP contribution in [0.15, 0.2) is 36.4 Å². The lowest BCUT2D eigenvalue weighted by molar-refractivity contribution is 0.0595. The van der Waals surface area contributed by atoms with Gasteiger partial charge in [-0.25, -0.2) is 13.6 Å². The van der Waals surface area contributed by atoms with Crippen molar-refractivity contribution in [2.45, 2.75) is 0 Å². The first-order chi connectivity index (χ1) is 12.8. The second-order valence-electron chi connectivity index (χ2n) is 5.94. The van der Waals surface area contributed by atoms with Crippen LogP contribution in [0.5, 0.6) is 0 Å². The van der Waals surface area contributed by atoms with E-state index in [2.05, 4.69) is 4.98 Å². The first-order valence-electron chi connectivity index (χ1n) is 7.90. The maximum Gasteiger partial charge on any atom is 0.356 e. The number of aromatic amines is 1. The summed E-state index contributed by atoms with van der Waals surface area (Å²) in [4.78, 5) is 29.1. The van der Waals surface area contributed by atoms with Crippen LogP contribution in [0.25, 0.3) is 10.9 Å². The zero-order valence-electron chi connectivity index (χ0n) is 14.5. The monoisotopic (exact) mass is 392 g/mol. The normalized spacial score (nSPS) is 10.9. The molecule has 0 aliphatic carbocycles. The van der Waals surface area contributed by atoms with Crippen molar-refractivity contribution in [1.82, 2.24) is 4.98 Å². The fourth-order valence-electron chi connectivity index (χ4n) is 2.86. The molecule has 2 aromatic carbocycles. The van der Waals surface area contributed by atoms with Gasteiger partial charge in [0.1, 0.15) is 5.69 Å². The fourth-order valence-corrected chi connectivity index (χ4v) is 3.03. The largest absolute Gasteiger partial charge is 0.464 e. The minimum atomic E-state index is -1.10. The van der Waals surface area contributed by atoms with Crippen LogP contribution in [0.3, 0.4) is 0 Å². The smallest absolute Gasteiger partial charge is 0.356 e. The number of esters is 1. The number of anilines is 1. The summed E-state index contributed by atoms with van der Waals surface area (Å²) in [6.45, 7) is -0.162. The summed E-state index contributed by atoms with van der Waals surface area (Å²) >= 11 is 6.00. The molecule has 1 N–H and O–H groups in total. The van der Waals surface area contributed by atoms with Gasteiger partial charge in [0.15, 0.2) is 17.4 Å². The first kappa shape index (κ1) is 18.8. The van der Waals surface area contributed by atoms with Gasteiger partial charge in [-0.15, -0.1) is 0 Å². The number of nitrogens with one attached hydrogen (secondary N) is 1. The molecule has 0 amide bonds. The van der Waals surface area contributed by atoms with E-state index in [0.29, 0.717) is 21.6 Å². The van der Waals surface area contributed by atoms with Crippen LogP contribution in [0, 0.1) is 11.6 Å². The van der Waals surface area contributed by atoms with Crippen molar-refractivity contribution in [3.8, 4) is 0 Å². The Morgan fingerprint density at radius 3 is 2.56 bits per heavy atom. The van der Waals surface area contributed by atoms with Crippen molar-refractivity contribution >= 4 is 39.9 Å². The van der Waals surface area contributed by atoms with E-state index in [1.165, 1.54) is 13.2 Å². The van der Waals surface area contributed by atoms with E-state index in [1.54, 1.807) is 30.1 Å². The van der Waals surface area contributed by atoms with Crippen molar-refractivity contribution in [1.29, 1.82) is 0 Å². The number of benzene rings is 2. The number of carbonyl (C=O) groups excluding carboxylic acids is 2. The highest BCUT2D eigenvalue weighted by Crippen LogP contribution is 2.32. The molecule has 0 radical (unpaired) electrons. The Bertz CT molecular complexity index is 1050. The number of nitrogens with zero attached hydrogens (tertiary/aromatic N) is 1. The van der Waals surface area contributed by atoms with Gasteiger partial charge in [0.25, 0.3) is 0 Å². The summed E-state index contributed by atoms with van der Waals surface area (Å²) in [5, 5.41) is 1.15. The number of Topliss-reactive ketones (excluding diaryl/α,β-unsaturated/α-hetero) is 1. The highest BCUT2D eigenvalue weighted by Gasteiger charge is 2.23. The minimum Gasteiger partial charge on any atom is -0.464 e. The Hall–Kier alpha value is -2.93. The van der Waals surface area contributed by atoms with Crippen LogP contribution in [0.2, 0.25) is 5.02 Å². The Balaban J connectivity index is 1.98. The molecule has 0 saturated heterocycles. The molecule has 140 valence electrons. The molecule has 0 spiro atoms. The third-order valence-corrected chi connectivity index (χ3v) is 4.36. The first-order valence-corrected chi connectivity index (χ1v) is 8.28. The zero-order chi connectivity index (χ0) is 19.7. The topological polar surface area (TPSA) is 62.4 Å². The molecule has 0 saturated carbocycles. The van der Waals surface area contributed by atoms with Gasteiger partial charge in [-0.2, -0.15) is 0 Å². The molecule has 3 rings (SSSR count). The van der Waals surface area contributed by atoms with E-state index in [9.17, 15) is 18.4 Å². The van der Waals surface area contributed by atoms with Crippen LogP contribution < -0.4 is 4.90 Å². The fraction of sp³-hybridized carbons (Fsp3) is 0.158. The average Bonchev–Trinajstić information content (AvgIpc) is 3.01. The molecule has 3 aromatic rings. The van der Waals surface area contributed by atoms with Gasteiger partial charge >= 0.3 is 5.97 Å². The van der Waals surface area contributed by atoms with Crippen LogP contribution in [-0.4, -0.2) is 37.4 Å². The van der Waals surface area contributed by atoms with Crippen molar-refractivity contribution in [2.24, 2.45) is 0 Å². The van der Waals surface area contributed by atoms with E-state index in [-0.39, 0.29) is 17.8 Å². The summed E-state index contributed by atoms with van der Waals surface area (Å²) in [5.41, 5.74) is 1.24. The molecule has 0 atom stereocenters. The third kappa shape index (κ3) is 3.64. The number of hydrogen-bond donors (Lipinski definition) is 1. The number of fused-ring (bicyclic) bond motifs is 1. The molecule has 1 heterocycles. The van der Waals surface area contributed by atoms with Gasteiger partial charge in [0.2, 0.25) is 0 Å². The van der Waals surface area contributed by atoms with Gasteiger partial charge in [0, 0.05) is 28.5 Å². The standard InChI is InChI=1S/C19H15ClF2N2O3/c1-24(9-16(25)10-3-6-13(21)14(22)7-10)18-12-5-4-11(20)8-15(12)23-17(18)19(26)27-2/h3-8,23H,9H2,1-2H3. The molecule has 0 unspecified atom stereocenters. The van der Waals surface area contributed by atoms with E-state index < -0.39 is 23.4 Å². The summed E-state index contributed by atoms with van der Waals surface area (Å²) in [6, 6.07) is 7.99. The van der Waals surface area contributed by atoms with Crippen molar-refractivity contribution in [2.75, 3.05) is 25.6 Å². The van der Waals surface area contributed by atoms with E-state index in [4.69, 9.17) is 16.3 Å². The van der Waals surface area contributed by atoms with Gasteiger partial charge in [-0.05, 0) is 36.4 Å². The maximum atomic E-state index is 13.4. The summed E-state index contributed by atoms with van der Waals surface area (Å²) in [6.07, 6.45) is 0. The second-order valence-corrected chi connectivity index (χ2v) is 6.37. The Labute approximate surface area is 158 Å². The van der Waals surface area contributed by atoms with E-state index in [1.807, 2.05) is 0 Å². The number of H-pyrrole nitrogens is 1.